The van der Waals surface area contributed by atoms with Gasteiger partial charge in [0.25, 0.3) is 0 Å². The predicted molar refractivity (Wildman–Crippen MR) is 103 cm³/mol. The lowest BCUT2D eigenvalue weighted by Crippen LogP contribution is -2.04. The Morgan fingerprint density at radius 3 is 2.21 bits per heavy atom. The van der Waals surface area contributed by atoms with Crippen LogP contribution in [-0.2, 0) is 6.61 Å². The molecule has 0 radical (unpaired) electrons. The molecule has 0 saturated heterocycles. The zero-order chi connectivity index (χ0) is 16.1. The van der Waals surface area contributed by atoms with E-state index in [2.05, 4.69) is 48.5 Å². The van der Waals surface area contributed by atoms with Gasteiger partial charge < -0.3 is 10.5 Å². The van der Waals surface area contributed by atoms with Crippen LogP contribution < -0.4 is 10.5 Å². The van der Waals surface area contributed by atoms with Crippen LogP contribution in [0.25, 0.3) is 11.1 Å². The van der Waals surface area contributed by atoms with Crippen LogP contribution in [0.3, 0.4) is 0 Å². The molecular formula is C21H22ClNO. The first kappa shape index (κ1) is 18.1. The van der Waals surface area contributed by atoms with Crippen molar-refractivity contribution in [3.05, 3.63) is 90.0 Å². The minimum atomic E-state index is 0. The van der Waals surface area contributed by atoms with E-state index in [1.807, 2.05) is 37.3 Å². The minimum Gasteiger partial charge on any atom is -0.489 e. The van der Waals surface area contributed by atoms with Crippen LogP contribution in [0.4, 0.5) is 0 Å². The fraction of sp³-hybridized carbons (Fsp3) is 0.143. The van der Waals surface area contributed by atoms with Crippen LogP contribution in [0.5, 0.6) is 5.75 Å². The van der Waals surface area contributed by atoms with Crippen LogP contribution in [0, 0.1) is 0 Å². The molecule has 3 aromatic rings. The largest absolute Gasteiger partial charge is 0.489 e. The maximum atomic E-state index is 5.90. The Balaban J connectivity index is 0.00000208. The van der Waals surface area contributed by atoms with Crippen molar-refractivity contribution in [2.75, 3.05) is 0 Å². The fourth-order valence-corrected chi connectivity index (χ4v) is 2.49. The SMILES string of the molecule is C[C@H](N)c1ccc(-c2cccc(OCc3ccccc3)c2)cc1.Cl. The van der Waals surface area contributed by atoms with Gasteiger partial charge in [0.1, 0.15) is 12.4 Å². The topological polar surface area (TPSA) is 35.2 Å². The zero-order valence-corrected chi connectivity index (χ0v) is 14.5. The zero-order valence-electron chi connectivity index (χ0n) is 13.7. The summed E-state index contributed by atoms with van der Waals surface area (Å²) in [5, 5.41) is 0. The minimum absolute atomic E-state index is 0. The molecule has 2 nitrogen and oxygen atoms in total. The van der Waals surface area contributed by atoms with Gasteiger partial charge in [-0.3, -0.25) is 0 Å². The average molecular weight is 340 g/mol. The van der Waals surface area contributed by atoms with E-state index < -0.39 is 0 Å². The molecule has 0 fully saturated rings. The molecule has 2 N–H and O–H groups in total. The average Bonchev–Trinajstić information content (AvgIpc) is 2.61. The van der Waals surface area contributed by atoms with Gasteiger partial charge in [0.15, 0.2) is 0 Å². The van der Waals surface area contributed by atoms with Crippen molar-refractivity contribution in [2.45, 2.75) is 19.6 Å². The molecule has 0 saturated carbocycles. The summed E-state index contributed by atoms with van der Waals surface area (Å²) in [5.74, 6) is 0.877. The van der Waals surface area contributed by atoms with Crippen molar-refractivity contribution >= 4 is 12.4 Å². The molecule has 0 aliphatic heterocycles. The Hall–Kier alpha value is -2.29. The van der Waals surface area contributed by atoms with Gasteiger partial charge in [0.05, 0.1) is 0 Å². The lowest BCUT2D eigenvalue weighted by molar-refractivity contribution is 0.306. The highest BCUT2D eigenvalue weighted by Crippen LogP contribution is 2.25. The number of hydrogen-bond acceptors (Lipinski definition) is 2. The van der Waals surface area contributed by atoms with Crippen molar-refractivity contribution in [2.24, 2.45) is 5.73 Å². The Bertz CT molecular complexity index is 754. The van der Waals surface area contributed by atoms with Gasteiger partial charge in [-0.25, -0.2) is 0 Å². The second kappa shape index (κ2) is 8.53. The van der Waals surface area contributed by atoms with E-state index in [9.17, 15) is 0 Å². The number of benzene rings is 3. The molecule has 3 heteroatoms. The highest BCUT2D eigenvalue weighted by atomic mass is 35.5. The van der Waals surface area contributed by atoms with Crippen molar-refractivity contribution < 1.29 is 4.74 Å². The van der Waals surface area contributed by atoms with Crippen molar-refractivity contribution in [3.63, 3.8) is 0 Å². The third-order valence-electron chi connectivity index (χ3n) is 3.85. The molecule has 1 atom stereocenters. The first-order valence-corrected chi connectivity index (χ1v) is 7.85. The monoisotopic (exact) mass is 339 g/mol. The number of ether oxygens (including phenoxy) is 1. The summed E-state index contributed by atoms with van der Waals surface area (Å²) in [6.45, 7) is 2.57. The second-order valence-corrected chi connectivity index (χ2v) is 5.71. The van der Waals surface area contributed by atoms with E-state index >= 15 is 0 Å². The smallest absolute Gasteiger partial charge is 0.120 e. The molecule has 3 rings (SSSR count). The molecule has 0 amide bonds. The summed E-state index contributed by atoms with van der Waals surface area (Å²) in [7, 11) is 0. The van der Waals surface area contributed by atoms with Gasteiger partial charge in [-0.05, 0) is 41.3 Å². The third-order valence-corrected chi connectivity index (χ3v) is 3.85. The molecule has 0 unspecified atom stereocenters. The van der Waals surface area contributed by atoms with Crippen LogP contribution in [0.2, 0.25) is 0 Å². The maximum absolute atomic E-state index is 5.90. The first-order chi connectivity index (χ1) is 11.2. The Morgan fingerprint density at radius 2 is 1.54 bits per heavy atom. The van der Waals surface area contributed by atoms with Gasteiger partial charge >= 0.3 is 0 Å². The molecule has 0 aliphatic rings. The van der Waals surface area contributed by atoms with Gasteiger partial charge in [-0.2, -0.15) is 0 Å². The Labute approximate surface area is 149 Å². The van der Waals surface area contributed by atoms with E-state index in [0.29, 0.717) is 6.61 Å². The van der Waals surface area contributed by atoms with E-state index in [0.717, 1.165) is 16.9 Å². The predicted octanol–water partition coefficient (Wildman–Crippen LogP) is 5.37. The lowest BCUT2D eigenvalue weighted by atomic mass is 10.0. The summed E-state index contributed by atoms with van der Waals surface area (Å²) in [6, 6.07) is 26.8. The van der Waals surface area contributed by atoms with E-state index in [1.54, 1.807) is 0 Å². The van der Waals surface area contributed by atoms with Gasteiger partial charge in [-0.1, -0.05) is 66.7 Å². The number of halogens is 1. The van der Waals surface area contributed by atoms with E-state index in [4.69, 9.17) is 10.5 Å². The van der Waals surface area contributed by atoms with E-state index in [-0.39, 0.29) is 18.4 Å². The molecule has 0 aliphatic carbocycles. The molecule has 3 aromatic carbocycles. The summed E-state index contributed by atoms with van der Waals surface area (Å²) in [6.07, 6.45) is 0. The van der Waals surface area contributed by atoms with Gasteiger partial charge in [0, 0.05) is 6.04 Å². The van der Waals surface area contributed by atoms with Crippen LogP contribution >= 0.6 is 12.4 Å². The summed E-state index contributed by atoms with van der Waals surface area (Å²) >= 11 is 0. The molecule has 0 aromatic heterocycles. The van der Waals surface area contributed by atoms with Crippen LogP contribution in [0.1, 0.15) is 24.1 Å². The van der Waals surface area contributed by atoms with Crippen LogP contribution in [-0.4, -0.2) is 0 Å². The molecule has 24 heavy (non-hydrogen) atoms. The third kappa shape index (κ3) is 4.60. The van der Waals surface area contributed by atoms with Crippen molar-refractivity contribution in [3.8, 4) is 16.9 Å². The molecule has 124 valence electrons. The fourth-order valence-electron chi connectivity index (χ4n) is 2.49. The highest BCUT2D eigenvalue weighted by Gasteiger charge is 2.03. The highest BCUT2D eigenvalue weighted by molar-refractivity contribution is 5.85. The summed E-state index contributed by atoms with van der Waals surface area (Å²) in [5.41, 5.74) is 10.5. The molecule has 0 bridgehead atoms. The number of hydrogen-bond donors (Lipinski definition) is 1. The number of rotatable bonds is 5. The van der Waals surface area contributed by atoms with E-state index in [1.165, 1.54) is 11.1 Å². The Kier molecular flexibility index (Phi) is 6.42. The lowest BCUT2D eigenvalue weighted by Gasteiger charge is -2.10. The number of nitrogens with two attached hydrogens (primary N) is 1. The second-order valence-electron chi connectivity index (χ2n) is 5.71. The van der Waals surface area contributed by atoms with Crippen molar-refractivity contribution in [1.29, 1.82) is 0 Å². The maximum Gasteiger partial charge on any atom is 0.120 e. The quantitative estimate of drug-likeness (QED) is 0.677. The normalized spacial score (nSPS) is 11.4. The molecule has 0 heterocycles. The van der Waals surface area contributed by atoms with Gasteiger partial charge in [-0.15, -0.1) is 12.4 Å². The first-order valence-electron chi connectivity index (χ1n) is 7.85. The molecular weight excluding hydrogens is 318 g/mol. The molecule has 0 spiro atoms. The standard InChI is InChI=1S/C21H21NO.ClH/c1-16(22)18-10-12-19(13-11-18)20-8-5-9-21(14-20)23-15-17-6-3-2-4-7-17;/h2-14,16H,15,22H2,1H3;1H/t16-;/m0./s1. The Morgan fingerprint density at radius 1 is 0.833 bits per heavy atom. The summed E-state index contributed by atoms with van der Waals surface area (Å²) in [4.78, 5) is 0. The summed E-state index contributed by atoms with van der Waals surface area (Å²) < 4.78 is 5.90. The van der Waals surface area contributed by atoms with Crippen molar-refractivity contribution in [1.82, 2.24) is 0 Å². The van der Waals surface area contributed by atoms with Gasteiger partial charge in [0.2, 0.25) is 0 Å². The van der Waals surface area contributed by atoms with Crippen LogP contribution in [0.15, 0.2) is 78.9 Å².